The lowest BCUT2D eigenvalue weighted by atomic mass is 9.87. The van der Waals surface area contributed by atoms with E-state index >= 15 is 0 Å². The summed E-state index contributed by atoms with van der Waals surface area (Å²) in [5.74, 6) is 0.237. The molecule has 2 unspecified atom stereocenters. The molecule has 116 valence electrons. The van der Waals surface area contributed by atoms with Gasteiger partial charge in [-0.2, -0.15) is 0 Å². The van der Waals surface area contributed by atoms with Crippen LogP contribution in [0.15, 0.2) is 0 Å². The molecule has 1 N–H and O–H groups in total. The van der Waals surface area contributed by atoms with Crippen molar-refractivity contribution in [3.8, 4) is 0 Å². The summed E-state index contributed by atoms with van der Waals surface area (Å²) in [7, 11) is 2.09. The SMILES string of the molecule is CN1C(CC(C)(C)C)CCC1C(=O)N1CCC[C@@H]1CO. The summed E-state index contributed by atoms with van der Waals surface area (Å²) in [4.78, 5) is 16.9. The summed E-state index contributed by atoms with van der Waals surface area (Å²) in [5.41, 5.74) is 0.304. The molecule has 0 radical (unpaired) electrons. The Morgan fingerprint density at radius 1 is 1.20 bits per heavy atom. The average Bonchev–Trinajstić information content (AvgIpc) is 2.95. The number of rotatable bonds is 3. The average molecular weight is 282 g/mol. The molecule has 3 atom stereocenters. The third kappa shape index (κ3) is 3.34. The van der Waals surface area contributed by atoms with Crippen molar-refractivity contribution in [1.82, 2.24) is 9.80 Å². The Balaban J connectivity index is 1.98. The Hall–Kier alpha value is -0.610. The summed E-state index contributed by atoms with van der Waals surface area (Å²) in [5, 5.41) is 9.39. The van der Waals surface area contributed by atoms with Gasteiger partial charge in [0, 0.05) is 12.6 Å². The molecule has 0 aromatic carbocycles. The van der Waals surface area contributed by atoms with Gasteiger partial charge >= 0.3 is 0 Å². The second-order valence-corrected chi connectivity index (χ2v) is 7.69. The van der Waals surface area contributed by atoms with E-state index in [-0.39, 0.29) is 24.6 Å². The first-order valence-electron chi connectivity index (χ1n) is 7.97. The maximum atomic E-state index is 12.7. The third-order valence-corrected chi connectivity index (χ3v) is 4.84. The van der Waals surface area contributed by atoms with Crippen LogP contribution < -0.4 is 0 Å². The molecule has 2 heterocycles. The van der Waals surface area contributed by atoms with Crippen LogP contribution in [0, 0.1) is 5.41 Å². The predicted molar refractivity (Wildman–Crippen MR) is 80.5 cm³/mol. The molecule has 20 heavy (non-hydrogen) atoms. The predicted octanol–water partition coefficient (Wildman–Crippen LogP) is 1.87. The lowest BCUT2D eigenvalue weighted by Gasteiger charge is -2.33. The second-order valence-electron chi connectivity index (χ2n) is 7.69. The summed E-state index contributed by atoms with van der Waals surface area (Å²) in [6.45, 7) is 7.71. The number of carbonyl (C=O) groups is 1. The van der Waals surface area contributed by atoms with Gasteiger partial charge in [0.05, 0.1) is 18.7 Å². The van der Waals surface area contributed by atoms with E-state index in [0.29, 0.717) is 11.5 Å². The minimum atomic E-state index is 0.0227. The monoisotopic (exact) mass is 282 g/mol. The zero-order chi connectivity index (χ0) is 14.9. The van der Waals surface area contributed by atoms with Crippen LogP contribution in [0.3, 0.4) is 0 Å². The second kappa shape index (κ2) is 6.02. The minimum absolute atomic E-state index is 0.0227. The molecule has 0 aromatic heterocycles. The van der Waals surface area contributed by atoms with Crippen LogP contribution in [-0.4, -0.2) is 59.1 Å². The zero-order valence-electron chi connectivity index (χ0n) is 13.4. The molecule has 0 bridgehead atoms. The van der Waals surface area contributed by atoms with Crippen molar-refractivity contribution >= 4 is 5.91 Å². The fourth-order valence-electron chi connectivity index (χ4n) is 3.77. The van der Waals surface area contributed by atoms with Gasteiger partial charge in [0.25, 0.3) is 0 Å². The maximum Gasteiger partial charge on any atom is 0.240 e. The number of aliphatic hydroxyl groups excluding tert-OH is 1. The van der Waals surface area contributed by atoms with E-state index in [2.05, 4.69) is 32.7 Å². The van der Waals surface area contributed by atoms with Crippen LogP contribution in [-0.2, 0) is 4.79 Å². The molecule has 0 aromatic rings. The van der Waals surface area contributed by atoms with Crippen LogP contribution in [0.25, 0.3) is 0 Å². The number of nitrogens with zero attached hydrogens (tertiary/aromatic N) is 2. The highest BCUT2D eigenvalue weighted by Crippen LogP contribution is 2.33. The fourth-order valence-corrected chi connectivity index (χ4v) is 3.77. The smallest absolute Gasteiger partial charge is 0.240 e. The van der Waals surface area contributed by atoms with Gasteiger partial charge < -0.3 is 10.0 Å². The van der Waals surface area contributed by atoms with Crippen molar-refractivity contribution in [1.29, 1.82) is 0 Å². The molecule has 2 aliphatic heterocycles. The molecule has 0 saturated carbocycles. The van der Waals surface area contributed by atoms with Gasteiger partial charge in [-0.15, -0.1) is 0 Å². The highest BCUT2D eigenvalue weighted by Gasteiger charge is 2.40. The molecule has 4 heteroatoms. The zero-order valence-corrected chi connectivity index (χ0v) is 13.4. The topological polar surface area (TPSA) is 43.8 Å². The molecule has 0 aliphatic carbocycles. The van der Waals surface area contributed by atoms with E-state index in [0.717, 1.165) is 38.6 Å². The highest BCUT2D eigenvalue weighted by molar-refractivity contribution is 5.82. The molecule has 2 saturated heterocycles. The van der Waals surface area contributed by atoms with Crippen molar-refractivity contribution < 1.29 is 9.90 Å². The van der Waals surface area contributed by atoms with Crippen LogP contribution in [0.5, 0.6) is 0 Å². The van der Waals surface area contributed by atoms with Gasteiger partial charge in [-0.1, -0.05) is 20.8 Å². The fraction of sp³-hybridized carbons (Fsp3) is 0.938. The van der Waals surface area contributed by atoms with Crippen LogP contribution >= 0.6 is 0 Å². The number of carbonyl (C=O) groups excluding carboxylic acids is 1. The third-order valence-electron chi connectivity index (χ3n) is 4.84. The van der Waals surface area contributed by atoms with Crippen LogP contribution in [0.4, 0.5) is 0 Å². The van der Waals surface area contributed by atoms with E-state index in [1.807, 2.05) is 4.90 Å². The van der Waals surface area contributed by atoms with E-state index in [4.69, 9.17) is 0 Å². The molecular formula is C16H30N2O2. The lowest BCUT2D eigenvalue weighted by molar-refractivity contribution is -0.137. The van der Waals surface area contributed by atoms with Gasteiger partial charge in [0.2, 0.25) is 5.91 Å². The lowest BCUT2D eigenvalue weighted by Crippen LogP contribution is -2.49. The molecule has 2 fully saturated rings. The molecular weight excluding hydrogens is 252 g/mol. The Labute approximate surface area is 123 Å². The Morgan fingerprint density at radius 2 is 1.90 bits per heavy atom. The Kier molecular flexibility index (Phi) is 4.75. The van der Waals surface area contributed by atoms with Gasteiger partial charge in [0.15, 0.2) is 0 Å². The van der Waals surface area contributed by atoms with E-state index < -0.39 is 0 Å². The van der Waals surface area contributed by atoms with Gasteiger partial charge in [-0.25, -0.2) is 0 Å². The number of likely N-dealkylation sites (N-methyl/N-ethyl adjacent to an activating group) is 1. The quantitative estimate of drug-likeness (QED) is 0.859. The molecule has 2 rings (SSSR count). The van der Waals surface area contributed by atoms with Crippen molar-refractivity contribution in [2.45, 2.75) is 71.0 Å². The number of hydrogen-bond acceptors (Lipinski definition) is 3. The summed E-state index contributed by atoms with van der Waals surface area (Å²) in [6, 6.07) is 0.589. The Morgan fingerprint density at radius 3 is 2.50 bits per heavy atom. The largest absolute Gasteiger partial charge is 0.394 e. The minimum Gasteiger partial charge on any atom is -0.394 e. The summed E-state index contributed by atoms with van der Waals surface area (Å²) < 4.78 is 0. The molecule has 1 amide bonds. The molecule has 2 aliphatic rings. The van der Waals surface area contributed by atoms with Crippen molar-refractivity contribution in [3.63, 3.8) is 0 Å². The highest BCUT2D eigenvalue weighted by atomic mass is 16.3. The van der Waals surface area contributed by atoms with Crippen molar-refractivity contribution in [2.75, 3.05) is 20.2 Å². The number of amides is 1. The standard InChI is InChI=1S/C16H30N2O2/c1-16(2,3)10-12-7-8-14(17(12)4)15(20)18-9-5-6-13(18)11-19/h12-14,19H,5-11H2,1-4H3/t12?,13-,14?/m1/s1. The summed E-state index contributed by atoms with van der Waals surface area (Å²) >= 11 is 0. The normalized spacial score (nSPS) is 32.0. The number of hydrogen-bond donors (Lipinski definition) is 1. The van der Waals surface area contributed by atoms with Crippen LogP contribution in [0.1, 0.15) is 52.9 Å². The van der Waals surface area contributed by atoms with Gasteiger partial charge in [0.1, 0.15) is 0 Å². The summed E-state index contributed by atoms with van der Waals surface area (Å²) in [6.07, 6.45) is 5.19. The first-order valence-corrected chi connectivity index (χ1v) is 7.97. The molecule has 4 nitrogen and oxygen atoms in total. The molecule has 0 spiro atoms. The first-order chi connectivity index (χ1) is 9.33. The van der Waals surface area contributed by atoms with E-state index in [1.54, 1.807) is 0 Å². The first kappa shape index (κ1) is 15.8. The number of likely N-dealkylation sites (tertiary alicyclic amines) is 2. The maximum absolute atomic E-state index is 12.7. The van der Waals surface area contributed by atoms with E-state index in [1.165, 1.54) is 0 Å². The van der Waals surface area contributed by atoms with Gasteiger partial charge in [-0.05, 0) is 44.6 Å². The van der Waals surface area contributed by atoms with Crippen LogP contribution in [0.2, 0.25) is 0 Å². The Bertz CT molecular complexity index is 351. The van der Waals surface area contributed by atoms with E-state index in [9.17, 15) is 9.90 Å². The van der Waals surface area contributed by atoms with Crippen molar-refractivity contribution in [2.24, 2.45) is 5.41 Å². The van der Waals surface area contributed by atoms with Gasteiger partial charge in [-0.3, -0.25) is 9.69 Å². The number of aliphatic hydroxyl groups is 1. The van der Waals surface area contributed by atoms with Crippen molar-refractivity contribution in [3.05, 3.63) is 0 Å².